The number of fused-ring (bicyclic) bond motifs is 2. The number of carbonyl (C=O) groups is 2. The van der Waals surface area contributed by atoms with E-state index in [4.69, 9.17) is 4.74 Å². The Balaban J connectivity index is 1.12. The van der Waals surface area contributed by atoms with Crippen LogP contribution in [0.5, 0.6) is 5.75 Å². The van der Waals surface area contributed by atoms with Crippen LogP contribution in [-0.2, 0) is 22.6 Å². The van der Waals surface area contributed by atoms with Gasteiger partial charge in [-0.05, 0) is 66.3 Å². The summed E-state index contributed by atoms with van der Waals surface area (Å²) in [7, 11) is 0. The SMILES string of the molecule is O=C(O)C(CC(=O)N1C[C@H]2CCCC[C@H]2C1)Cc1ccc(OCCn2ccc3ccccc32)cc1. The number of carbonyl (C=O) groups excluding carboxylic acids is 1. The van der Waals surface area contributed by atoms with Gasteiger partial charge in [-0.25, -0.2) is 0 Å². The number of carboxylic acid groups (broad SMARTS) is 1. The molecule has 2 fully saturated rings. The number of benzene rings is 2. The molecule has 2 heterocycles. The number of rotatable bonds is 9. The topological polar surface area (TPSA) is 71.8 Å². The van der Waals surface area contributed by atoms with Crippen LogP contribution in [-0.4, -0.2) is 46.1 Å². The molecule has 1 aliphatic carbocycles. The van der Waals surface area contributed by atoms with Crippen molar-refractivity contribution in [2.45, 2.75) is 45.1 Å². The monoisotopic (exact) mass is 474 g/mol. The van der Waals surface area contributed by atoms with E-state index in [-0.39, 0.29) is 12.3 Å². The molecule has 35 heavy (non-hydrogen) atoms. The van der Waals surface area contributed by atoms with E-state index in [1.54, 1.807) is 0 Å². The van der Waals surface area contributed by atoms with Crippen LogP contribution in [0.25, 0.3) is 10.9 Å². The van der Waals surface area contributed by atoms with E-state index in [0.29, 0.717) is 24.9 Å². The zero-order chi connectivity index (χ0) is 24.2. The minimum atomic E-state index is -0.908. The molecule has 1 aliphatic heterocycles. The first kappa shape index (κ1) is 23.5. The largest absolute Gasteiger partial charge is 0.492 e. The molecular formula is C29H34N2O4. The lowest BCUT2D eigenvalue weighted by Crippen LogP contribution is -2.33. The predicted molar refractivity (Wildman–Crippen MR) is 135 cm³/mol. The van der Waals surface area contributed by atoms with Crippen molar-refractivity contribution in [2.75, 3.05) is 19.7 Å². The molecule has 1 aromatic heterocycles. The third kappa shape index (κ3) is 5.53. The minimum absolute atomic E-state index is 0.00992. The van der Waals surface area contributed by atoms with E-state index in [1.165, 1.54) is 36.6 Å². The number of ether oxygens (including phenoxy) is 1. The Hall–Kier alpha value is -3.28. The Bertz CT molecular complexity index is 1150. The average molecular weight is 475 g/mol. The highest BCUT2D eigenvalue weighted by molar-refractivity contribution is 5.83. The summed E-state index contributed by atoms with van der Waals surface area (Å²) in [5, 5.41) is 11.0. The van der Waals surface area contributed by atoms with Crippen molar-refractivity contribution in [1.29, 1.82) is 0 Å². The van der Waals surface area contributed by atoms with Gasteiger partial charge in [-0.2, -0.15) is 0 Å². The number of carboxylic acids is 1. The van der Waals surface area contributed by atoms with Gasteiger partial charge in [0, 0.05) is 31.2 Å². The Morgan fingerprint density at radius 3 is 2.40 bits per heavy atom. The maximum Gasteiger partial charge on any atom is 0.307 e. The third-order valence-corrected chi connectivity index (χ3v) is 7.79. The zero-order valence-corrected chi connectivity index (χ0v) is 20.1. The lowest BCUT2D eigenvalue weighted by Gasteiger charge is -2.22. The molecule has 6 heteroatoms. The predicted octanol–water partition coefficient (Wildman–Crippen LogP) is 5.00. The summed E-state index contributed by atoms with van der Waals surface area (Å²) in [6.45, 7) is 2.90. The van der Waals surface area contributed by atoms with Crippen molar-refractivity contribution < 1.29 is 19.4 Å². The summed E-state index contributed by atoms with van der Waals surface area (Å²) in [6.07, 6.45) is 7.39. The van der Waals surface area contributed by atoms with Crippen LogP contribution in [0.2, 0.25) is 0 Å². The molecule has 1 saturated carbocycles. The van der Waals surface area contributed by atoms with E-state index in [9.17, 15) is 14.7 Å². The van der Waals surface area contributed by atoms with E-state index in [2.05, 4.69) is 29.0 Å². The van der Waals surface area contributed by atoms with Gasteiger partial charge in [0.2, 0.25) is 5.91 Å². The van der Waals surface area contributed by atoms with Crippen LogP contribution in [0, 0.1) is 17.8 Å². The molecule has 5 rings (SSSR count). The Kier molecular flexibility index (Phi) is 7.07. The van der Waals surface area contributed by atoms with Gasteiger partial charge in [-0.3, -0.25) is 9.59 Å². The normalized spacial score (nSPS) is 20.5. The Morgan fingerprint density at radius 2 is 1.69 bits per heavy atom. The van der Waals surface area contributed by atoms with Crippen molar-refractivity contribution in [2.24, 2.45) is 17.8 Å². The minimum Gasteiger partial charge on any atom is -0.492 e. The number of amides is 1. The van der Waals surface area contributed by atoms with Crippen molar-refractivity contribution in [3.8, 4) is 5.75 Å². The van der Waals surface area contributed by atoms with Crippen LogP contribution < -0.4 is 4.74 Å². The molecule has 1 amide bonds. The summed E-state index contributed by atoms with van der Waals surface area (Å²) in [4.78, 5) is 26.7. The first-order chi connectivity index (χ1) is 17.1. The van der Waals surface area contributed by atoms with E-state index < -0.39 is 11.9 Å². The smallest absolute Gasteiger partial charge is 0.307 e. The molecule has 2 aliphatic rings. The molecule has 2 aromatic carbocycles. The van der Waals surface area contributed by atoms with Gasteiger partial charge in [0.15, 0.2) is 0 Å². The third-order valence-electron chi connectivity index (χ3n) is 7.79. The highest BCUT2D eigenvalue weighted by Crippen LogP contribution is 2.36. The first-order valence-electron chi connectivity index (χ1n) is 12.8. The first-order valence-corrected chi connectivity index (χ1v) is 12.8. The van der Waals surface area contributed by atoms with E-state index in [0.717, 1.165) is 30.9 Å². The van der Waals surface area contributed by atoms with Gasteiger partial charge >= 0.3 is 5.97 Å². The Labute approximate surface area is 206 Å². The lowest BCUT2D eigenvalue weighted by molar-refractivity contribution is -0.145. The molecule has 0 radical (unpaired) electrons. The van der Waals surface area contributed by atoms with Crippen LogP contribution >= 0.6 is 0 Å². The second-order valence-corrected chi connectivity index (χ2v) is 10.1. The summed E-state index contributed by atoms with van der Waals surface area (Å²) < 4.78 is 8.09. The maximum atomic E-state index is 12.9. The van der Waals surface area contributed by atoms with Gasteiger partial charge in [-0.1, -0.05) is 43.2 Å². The number of para-hydroxylation sites is 1. The second-order valence-electron chi connectivity index (χ2n) is 10.1. The van der Waals surface area contributed by atoms with Gasteiger partial charge in [0.25, 0.3) is 0 Å². The number of hydrogen-bond acceptors (Lipinski definition) is 3. The zero-order valence-electron chi connectivity index (χ0n) is 20.1. The summed E-state index contributed by atoms with van der Waals surface area (Å²) in [5.41, 5.74) is 2.09. The summed E-state index contributed by atoms with van der Waals surface area (Å²) >= 11 is 0. The molecule has 3 aromatic rings. The highest BCUT2D eigenvalue weighted by atomic mass is 16.5. The molecule has 6 nitrogen and oxygen atoms in total. The van der Waals surface area contributed by atoms with Crippen molar-refractivity contribution in [1.82, 2.24) is 9.47 Å². The molecule has 1 saturated heterocycles. The Morgan fingerprint density at radius 1 is 0.971 bits per heavy atom. The highest BCUT2D eigenvalue weighted by Gasteiger charge is 2.37. The van der Waals surface area contributed by atoms with Gasteiger partial charge in [0.1, 0.15) is 12.4 Å². The molecule has 1 N–H and O–H groups in total. The average Bonchev–Trinajstić information content (AvgIpc) is 3.49. The number of hydrogen-bond donors (Lipinski definition) is 1. The quantitative estimate of drug-likeness (QED) is 0.474. The summed E-state index contributed by atoms with van der Waals surface area (Å²) in [6, 6.07) is 18.0. The molecule has 0 bridgehead atoms. The molecule has 0 spiro atoms. The molecule has 3 atom stereocenters. The lowest BCUT2D eigenvalue weighted by atomic mass is 9.82. The fraction of sp³-hybridized carbons (Fsp3) is 0.448. The molecular weight excluding hydrogens is 440 g/mol. The number of nitrogens with zero attached hydrogens (tertiary/aromatic N) is 2. The van der Waals surface area contributed by atoms with Crippen LogP contribution in [0.3, 0.4) is 0 Å². The molecule has 184 valence electrons. The van der Waals surface area contributed by atoms with Crippen molar-refractivity contribution in [3.63, 3.8) is 0 Å². The van der Waals surface area contributed by atoms with E-state index >= 15 is 0 Å². The van der Waals surface area contributed by atoms with Crippen LogP contribution in [0.4, 0.5) is 0 Å². The van der Waals surface area contributed by atoms with Crippen molar-refractivity contribution in [3.05, 3.63) is 66.4 Å². The van der Waals surface area contributed by atoms with Gasteiger partial charge in [0.05, 0.1) is 12.5 Å². The van der Waals surface area contributed by atoms with Crippen LogP contribution in [0.15, 0.2) is 60.8 Å². The van der Waals surface area contributed by atoms with Crippen LogP contribution in [0.1, 0.15) is 37.7 Å². The summed E-state index contributed by atoms with van der Waals surface area (Å²) in [5.74, 6) is 0.352. The van der Waals surface area contributed by atoms with Crippen molar-refractivity contribution >= 4 is 22.8 Å². The molecule has 1 unspecified atom stereocenters. The standard InChI is InChI=1S/C29H34N2O4/c32-28(31-19-23-6-1-2-7-24(23)20-31)18-25(29(33)34)17-21-9-11-26(12-10-21)35-16-15-30-14-13-22-5-3-4-8-27(22)30/h3-5,8-14,23-25H,1-2,6-7,15-20H2,(H,33,34)/t23-,24+,25?. The fourth-order valence-corrected chi connectivity index (χ4v) is 5.80. The number of aliphatic carboxylic acids is 1. The maximum absolute atomic E-state index is 12.9. The number of aromatic nitrogens is 1. The van der Waals surface area contributed by atoms with Gasteiger partial charge < -0.3 is 19.3 Å². The number of likely N-dealkylation sites (tertiary alicyclic amines) is 1. The fourth-order valence-electron chi connectivity index (χ4n) is 5.80. The van der Waals surface area contributed by atoms with Gasteiger partial charge in [-0.15, -0.1) is 0 Å². The second kappa shape index (κ2) is 10.5. The van der Waals surface area contributed by atoms with E-state index in [1.807, 2.05) is 41.3 Å².